The maximum absolute atomic E-state index is 4.34. The first-order chi connectivity index (χ1) is 4.74. The second-order valence-electron chi connectivity index (χ2n) is 2.23. The molecule has 0 aliphatic heterocycles. The normalized spacial score (nSPS) is 9.90. The molecule has 0 aromatic carbocycles. The fourth-order valence-corrected chi connectivity index (χ4v) is 1.34. The van der Waals surface area contributed by atoms with Crippen molar-refractivity contribution in [3.63, 3.8) is 0 Å². The Kier molecular flexibility index (Phi) is 2.44. The molecule has 0 spiro atoms. The molecule has 0 atom stereocenters. The molecule has 0 unspecified atom stereocenters. The van der Waals surface area contributed by atoms with Crippen LogP contribution in [0.1, 0.15) is 18.3 Å². The van der Waals surface area contributed by atoms with E-state index in [2.05, 4.69) is 27.8 Å². The summed E-state index contributed by atoms with van der Waals surface area (Å²) >= 11 is 3.43. The maximum atomic E-state index is 4.34. The van der Waals surface area contributed by atoms with Crippen molar-refractivity contribution in [2.24, 2.45) is 0 Å². The molecule has 54 valence electrons. The van der Waals surface area contributed by atoms with E-state index in [1.807, 2.05) is 19.1 Å². The van der Waals surface area contributed by atoms with Gasteiger partial charge in [-0.2, -0.15) is 0 Å². The van der Waals surface area contributed by atoms with E-state index in [1.54, 1.807) is 0 Å². The van der Waals surface area contributed by atoms with Crippen LogP contribution >= 0.6 is 15.9 Å². The highest BCUT2D eigenvalue weighted by atomic mass is 79.9. The molecule has 0 N–H and O–H groups in total. The minimum atomic E-state index is 0.988. The molecule has 1 nitrogen and oxygen atoms in total. The van der Waals surface area contributed by atoms with Crippen molar-refractivity contribution in [2.45, 2.75) is 20.3 Å². The van der Waals surface area contributed by atoms with Gasteiger partial charge in [0, 0.05) is 10.2 Å². The van der Waals surface area contributed by atoms with E-state index < -0.39 is 0 Å². The highest BCUT2D eigenvalue weighted by molar-refractivity contribution is 9.10. The van der Waals surface area contributed by atoms with Gasteiger partial charge in [0.25, 0.3) is 0 Å². The molecular weight excluding hydrogens is 190 g/mol. The van der Waals surface area contributed by atoms with Gasteiger partial charge in [-0.3, -0.25) is 4.98 Å². The molecule has 0 aliphatic carbocycles. The monoisotopic (exact) mass is 199 g/mol. The first-order valence-electron chi connectivity index (χ1n) is 3.36. The van der Waals surface area contributed by atoms with Gasteiger partial charge in [0.2, 0.25) is 0 Å². The van der Waals surface area contributed by atoms with Crippen LogP contribution in [0, 0.1) is 6.92 Å². The Morgan fingerprint density at radius 1 is 1.50 bits per heavy atom. The topological polar surface area (TPSA) is 12.9 Å². The molecule has 2 heteroatoms. The summed E-state index contributed by atoms with van der Waals surface area (Å²) in [4.78, 5) is 4.34. The average Bonchev–Trinajstić information content (AvgIpc) is 1.94. The standard InChI is InChI=1S/C8H10BrN/c1-3-8-7(9)5-4-6(2)10-8/h4-5H,3H2,1-2H3. The molecule has 0 amide bonds. The summed E-state index contributed by atoms with van der Waals surface area (Å²) in [6.07, 6.45) is 0.988. The molecular formula is C8H10BrN. The summed E-state index contributed by atoms with van der Waals surface area (Å²) in [5, 5.41) is 0. The van der Waals surface area contributed by atoms with Gasteiger partial charge >= 0.3 is 0 Å². The summed E-state index contributed by atoms with van der Waals surface area (Å²) in [5.74, 6) is 0. The van der Waals surface area contributed by atoms with Crippen LogP contribution in [0.2, 0.25) is 0 Å². The van der Waals surface area contributed by atoms with Crippen LogP contribution in [0.3, 0.4) is 0 Å². The van der Waals surface area contributed by atoms with E-state index in [0.29, 0.717) is 0 Å². The molecule has 0 saturated carbocycles. The quantitative estimate of drug-likeness (QED) is 0.679. The van der Waals surface area contributed by atoms with Crippen LogP contribution < -0.4 is 0 Å². The summed E-state index contributed by atoms with van der Waals surface area (Å²) in [6.45, 7) is 4.11. The largest absolute Gasteiger partial charge is 0.257 e. The molecule has 1 rings (SSSR count). The van der Waals surface area contributed by atoms with E-state index in [0.717, 1.165) is 22.3 Å². The number of nitrogens with zero attached hydrogens (tertiary/aromatic N) is 1. The lowest BCUT2D eigenvalue weighted by molar-refractivity contribution is 0.994. The van der Waals surface area contributed by atoms with E-state index in [4.69, 9.17) is 0 Å². The highest BCUT2D eigenvalue weighted by Crippen LogP contribution is 2.14. The molecule has 1 aromatic heterocycles. The Bertz CT molecular complexity index is 233. The van der Waals surface area contributed by atoms with Gasteiger partial charge in [-0.05, 0) is 41.4 Å². The number of halogens is 1. The second-order valence-corrected chi connectivity index (χ2v) is 3.09. The van der Waals surface area contributed by atoms with Gasteiger partial charge in [-0.1, -0.05) is 6.92 Å². The Morgan fingerprint density at radius 2 is 2.20 bits per heavy atom. The highest BCUT2D eigenvalue weighted by Gasteiger charge is 1.96. The van der Waals surface area contributed by atoms with Crippen molar-refractivity contribution in [2.75, 3.05) is 0 Å². The Labute approximate surface area is 69.6 Å². The van der Waals surface area contributed by atoms with Crippen LogP contribution in [-0.4, -0.2) is 4.98 Å². The van der Waals surface area contributed by atoms with Crippen LogP contribution in [0.15, 0.2) is 16.6 Å². The molecule has 0 bridgehead atoms. The lowest BCUT2D eigenvalue weighted by Gasteiger charge is -1.99. The van der Waals surface area contributed by atoms with Gasteiger partial charge in [-0.15, -0.1) is 0 Å². The van der Waals surface area contributed by atoms with E-state index in [1.165, 1.54) is 0 Å². The SMILES string of the molecule is CCc1nc(C)ccc1Br. The summed E-state index contributed by atoms with van der Waals surface area (Å²) in [6, 6.07) is 4.05. The third kappa shape index (κ3) is 1.57. The maximum Gasteiger partial charge on any atom is 0.0545 e. The minimum absolute atomic E-state index is 0.988. The van der Waals surface area contributed by atoms with Gasteiger partial charge < -0.3 is 0 Å². The zero-order valence-corrected chi connectivity index (χ0v) is 7.77. The molecule has 1 heterocycles. The third-order valence-corrected chi connectivity index (χ3v) is 2.11. The van der Waals surface area contributed by atoms with Crippen LogP contribution in [0.25, 0.3) is 0 Å². The third-order valence-electron chi connectivity index (χ3n) is 1.39. The van der Waals surface area contributed by atoms with Gasteiger partial charge in [0.15, 0.2) is 0 Å². The van der Waals surface area contributed by atoms with E-state index in [-0.39, 0.29) is 0 Å². The van der Waals surface area contributed by atoms with Crippen molar-refractivity contribution in [1.29, 1.82) is 0 Å². The van der Waals surface area contributed by atoms with Crippen LogP contribution in [0.5, 0.6) is 0 Å². The lowest BCUT2D eigenvalue weighted by atomic mass is 10.3. The fourth-order valence-electron chi connectivity index (χ4n) is 0.841. The van der Waals surface area contributed by atoms with E-state index in [9.17, 15) is 0 Å². The van der Waals surface area contributed by atoms with Crippen LogP contribution in [0.4, 0.5) is 0 Å². The summed E-state index contributed by atoms with van der Waals surface area (Å²) in [7, 11) is 0. The smallest absolute Gasteiger partial charge is 0.0545 e. The fraction of sp³-hybridized carbons (Fsp3) is 0.375. The van der Waals surface area contributed by atoms with Crippen molar-refractivity contribution in [3.8, 4) is 0 Å². The van der Waals surface area contributed by atoms with Gasteiger partial charge in [0.1, 0.15) is 0 Å². The second kappa shape index (κ2) is 3.15. The zero-order chi connectivity index (χ0) is 7.56. The number of pyridine rings is 1. The summed E-state index contributed by atoms with van der Waals surface area (Å²) < 4.78 is 1.11. The van der Waals surface area contributed by atoms with Crippen molar-refractivity contribution in [1.82, 2.24) is 4.98 Å². The molecule has 1 aromatic rings. The molecule has 0 fully saturated rings. The Morgan fingerprint density at radius 3 is 2.70 bits per heavy atom. The number of hydrogen-bond donors (Lipinski definition) is 0. The molecule has 10 heavy (non-hydrogen) atoms. The van der Waals surface area contributed by atoms with Crippen molar-refractivity contribution >= 4 is 15.9 Å². The Balaban J connectivity index is 3.09. The van der Waals surface area contributed by atoms with Crippen molar-refractivity contribution in [3.05, 3.63) is 28.0 Å². The Hall–Kier alpha value is -0.370. The number of aryl methyl sites for hydroxylation is 2. The predicted octanol–water partition coefficient (Wildman–Crippen LogP) is 2.71. The lowest BCUT2D eigenvalue weighted by Crippen LogP contribution is -1.90. The average molecular weight is 200 g/mol. The summed E-state index contributed by atoms with van der Waals surface area (Å²) in [5.41, 5.74) is 2.22. The van der Waals surface area contributed by atoms with Crippen molar-refractivity contribution < 1.29 is 0 Å². The van der Waals surface area contributed by atoms with Gasteiger partial charge in [-0.25, -0.2) is 0 Å². The first kappa shape index (κ1) is 7.73. The predicted molar refractivity (Wildman–Crippen MR) is 46.1 cm³/mol. The zero-order valence-electron chi connectivity index (χ0n) is 6.19. The molecule has 0 radical (unpaired) electrons. The minimum Gasteiger partial charge on any atom is -0.257 e. The number of rotatable bonds is 1. The first-order valence-corrected chi connectivity index (χ1v) is 4.15. The molecule has 0 saturated heterocycles. The molecule has 0 aliphatic rings. The van der Waals surface area contributed by atoms with Gasteiger partial charge in [0.05, 0.1) is 5.69 Å². The van der Waals surface area contributed by atoms with Crippen LogP contribution in [-0.2, 0) is 6.42 Å². The number of aromatic nitrogens is 1. The number of hydrogen-bond acceptors (Lipinski definition) is 1. The van der Waals surface area contributed by atoms with E-state index >= 15 is 0 Å².